The normalized spacial score (nSPS) is 13.0. The van der Waals surface area contributed by atoms with Gasteiger partial charge in [0.25, 0.3) is 0 Å². The molecule has 1 unspecified atom stereocenters. The van der Waals surface area contributed by atoms with E-state index in [4.69, 9.17) is 16.3 Å². The molecule has 2 aromatic rings. The minimum atomic E-state index is -0.415. The summed E-state index contributed by atoms with van der Waals surface area (Å²) < 4.78 is 6.98. The standard InChI is InChI=1S/C16H19ClN2O2/c1-16(2,3)14(10-12-4-6-13(17)7-5-12)21-15(20)19-9-8-18-11-19/h4-9,11,14H,10H2,1-3H3. The Labute approximate surface area is 129 Å². The number of halogens is 1. The lowest BCUT2D eigenvalue weighted by molar-refractivity contribution is 0.0325. The van der Waals surface area contributed by atoms with Gasteiger partial charge in [0.05, 0.1) is 0 Å². The molecule has 5 heteroatoms. The lowest BCUT2D eigenvalue weighted by Crippen LogP contribution is -2.34. The molecule has 1 aromatic heterocycles. The highest BCUT2D eigenvalue weighted by atomic mass is 35.5. The highest BCUT2D eigenvalue weighted by molar-refractivity contribution is 6.30. The molecule has 0 radical (unpaired) electrons. The van der Waals surface area contributed by atoms with Crippen LogP contribution in [-0.2, 0) is 11.2 Å². The zero-order valence-electron chi connectivity index (χ0n) is 12.4. The monoisotopic (exact) mass is 306 g/mol. The van der Waals surface area contributed by atoms with Gasteiger partial charge in [0.15, 0.2) is 0 Å². The van der Waals surface area contributed by atoms with Gasteiger partial charge >= 0.3 is 6.09 Å². The van der Waals surface area contributed by atoms with Gasteiger partial charge in [-0.25, -0.2) is 14.3 Å². The first-order chi connectivity index (χ1) is 9.86. The Kier molecular flexibility index (Phi) is 4.68. The average Bonchev–Trinajstić information content (AvgIpc) is 2.93. The number of aromatic nitrogens is 2. The van der Waals surface area contributed by atoms with E-state index in [1.165, 1.54) is 10.9 Å². The minimum Gasteiger partial charge on any atom is -0.445 e. The van der Waals surface area contributed by atoms with E-state index < -0.39 is 6.09 Å². The quantitative estimate of drug-likeness (QED) is 0.854. The van der Waals surface area contributed by atoms with Crippen molar-refractivity contribution >= 4 is 17.7 Å². The molecule has 0 N–H and O–H groups in total. The Balaban J connectivity index is 2.12. The number of carbonyl (C=O) groups is 1. The molecule has 0 aliphatic rings. The fourth-order valence-corrected chi connectivity index (χ4v) is 2.03. The zero-order chi connectivity index (χ0) is 15.5. The van der Waals surface area contributed by atoms with Crippen molar-refractivity contribution < 1.29 is 9.53 Å². The summed E-state index contributed by atoms with van der Waals surface area (Å²) in [6.45, 7) is 6.15. The summed E-state index contributed by atoms with van der Waals surface area (Å²) in [6, 6.07) is 7.58. The minimum absolute atomic E-state index is 0.171. The molecule has 0 aliphatic carbocycles. The van der Waals surface area contributed by atoms with Gasteiger partial charge in [-0.15, -0.1) is 0 Å². The molecule has 4 nitrogen and oxygen atoms in total. The van der Waals surface area contributed by atoms with Crippen LogP contribution in [0.4, 0.5) is 4.79 Å². The summed E-state index contributed by atoms with van der Waals surface area (Å²) >= 11 is 5.89. The molecule has 1 aromatic carbocycles. The number of hydrogen-bond donors (Lipinski definition) is 0. The van der Waals surface area contributed by atoms with Crippen molar-refractivity contribution in [1.82, 2.24) is 9.55 Å². The molecule has 0 saturated heterocycles. The number of carbonyl (C=O) groups excluding carboxylic acids is 1. The first-order valence-electron chi connectivity index (χ1n) is 6.79. The molecule has 0 amide bonds. The second kappa shape index (κ2) is 6.31. The third kappa shape index (κ3) is 4.33. The van der Waals surface area contributed by atoms with Crippen LogP contribution in [0.1, 0.15) is 26.3 Å². The lowest BCUT2D eigenvalue weighted by atomic mass is 9.85. The van der Waals surface area contributed by atoms with E-state index in [1.807, 2.05) is 24.3 Å². The Hall–Kier alpha value is -1.81. The van der Waals surface area contributed by atoms with Gasteiger partial charge in [0, 0.05) is 23.8 Å². The second-order valence-corrected chi connectivity index (χ2v) is 6.48. The van der Waals surface area contributed by atoms with Crippen molar-refractivity contribution in [3.8, 4) is 0 Å². The van der Waals surface area contributed by atoms with Crippen LogP contribution in [0.15, 0.2) is 43.0 Å². The van der Waals surface area contributed by atoms with Crippen molar-refractivity contribution in [2.45, 2.75) is 33.3 Å². The fraction of sp³-hybridized carbons (Fsp3) is 0.375. The van der Waals surface area contributed by atoms with E-state index in [-0.39, 0.29) is 11.5 Å². The van der Waals surface area contributed by atoms with Crippen molar-refractivity contribution in [2.75, 3.05) is 0 Å². The second-order valence-electron chi connectivity index (χ2n) is 6.04. The van der Waals surface area contributed by atoms with E-state index in [0.29, 0.717) is 11.4 Å². The molecule has 1 atom stereocenters. The number of imidazole rings is 1. The predicted molar refractivity (Wildman–Crippen MR) is 82.5 cm³/mol. The average molecular weight is 307 g/mol. The summed E-state index contributed by atoms with van der Waals surface area (Å²) in [6.07, 6.45) is 4.54. The van der Waals surface area contributed by atoms with Crippen LogP contribution in [0.2, 0.25) is 5.02 Å². The van der Waals surface area contributed by atoms with Crippen LogP contribution < -0.4 is 0 Å². The van der Waals surface area contributed by atoms with Gasteiger partial charge in [-0.3, -0.25) is 0 Å². The third-order valence-electron chi connectivity index (χ3n) is 3.26. The Morgan fingerprint density at radius 3 is 2.52 bits per heavy atom. The van der Waals surface area contributed by atoms with E-state index in [2.05, 4.69) is 25.8 Å². The van der Waals surface area contributed by atoms with E-state index in [1.54, 1.807) is 12.4 Å². The molecule has 2 rings (SSSR count). The maximum atomic E-state index is 12.1. The van der Waals surface area contributed by atoms with Crippen molar-refractivity contribution in [1.29, 1.82) is 0 Å². The number of hydrogen-bond acceptors (Lipinski definition) is 3. The smallest absolute Gasteiger partial charge is 0.419 e. The summed E-state index contributed by atoms with van der Waals surface area (Å²) in [5.41, 5.74) is 0.910. The molecule has 21 heavy (non-hydrogen) atoms. The maximum Gasteiger partial charge on any atom is 0.419 e. The molecule has 0 bridgehead atoms. The predicted octanol–water partition coefficient (Wildman–Crippen LogP) is 4.18. The van der Waals surface area contributed by atoms with E-state index in [9.17, 15) is 4.79 Å². The Morgan fingerprint density at radius 2 is 2.00 bits per heavy atom. The summed E-state index contributed by atoms with van der Waals surface area (Å²) in [4.78, 5) is 15.9. The van der Waals surface area contributed by atoms with Gasteiger partial charge in [-0.05, 0) is 23.1 Å². The Morgan fingerprint density at radius 1 is 1.33 bits per heavy atom. The van der Waals surface area contributed by atoms with Crippen LogP contribution in [0.5, 0.6) is 0 Å². The molecule has 0 saturated carbocycles. The topological polar surface area (TPSA) is 44.1 Å². The van der Waals surface area contributed by atoms with Gasteiger partial charge in [0.1, 0.15) is 12.4 Å². The molecule has 0 spiro atoms. The molecule has 0 aliphatic heterocycles. The molecule has 1 heterocycles. The van der Waals surface area contributed by atoms with E-state index >= 15 is 0 Å². The van der Waals surface area contributed by atoms with E-state index in [0.717, 1.165) is 5.56 Å². The highest BCUT2D eigenvalue weighted by Gasteiger charge is 2.29. The molecular weight excluding hydrogens is 288 g/mol. The molecule has 112 valence electrons. The number of nitrogens with zero attached hydrogens (tertiary/aromatic N) is 2. The van der Waals surface area contributed by atoms with Crippen LogP contribution in [-0.4, -0.2) is 21.7 Å². The zero-order valence-corrected chi connectivity index (χ0v) is 13.2. The first-order valence-corrected chi connectivity index (χ1v) is 7.17. The van der Waals surface area contributed by atoms with Crippen LogP contribution >= 0.6 is 11.6 Å². The molecular formula is C16H19ClN2O2. The SMILES string of the molecule is CC(C)(C)C(Cc1ccc(Cl)cc1)OC(=O)n1ccnc1. The number of ether oxygens (including phenoxy) is 1. The third-order valence-corrected chi connectivity index (χ3v) is 3.51. The Bertz CT molecular complexity index is 586. The van der Waals surface area contributed by atoms with Crippen LogP contribution in [0.25, 0.3) is 0 Å². The number of benzene rings is 1. The summed E-state index contributed by atoms with van der Waals surface area (Å²) in [7, 11) is 0. The number of rotatable bonds is 3. The van der Waals surface area contributed by atoms with Crippen molar-refractivity contribution in [3.05, 3.63) is 53.6 Å². The first kappa shape index (κ1) is 15.6. The van der Waals surface area contributed by atoms with Gasteiger partial charge in [-0.2, -0.15) is 0 Å². The van der Waals surface area contributed by atoms with Gasteiger partial charge < -0.3 is 4.74 Å². The van der Waals surface area contributed by atoms with Crippen LogP contribution in [0, 0.1) is 5.41 Å². The van der Waals surface area contributed by atoms with Gasteiger partial charge in [0.2, 0.25) is 0 Å². The van der Waals surface area contributed by atoms with Gasteiger partial charge in [-0.1, -0.05) is 44.5 Å². The van der Waals surface area contributed by atoms with Crippen LogP contribution in [0.3, 0.4) is 0 Å². The summed E-state index contributed by atoms with van der Waals surface area (Å²) in [5, 5.41) is 0.696. The maximum absolute atomic E-state index is 12.1. The lowest BCUT2D eigenvalue weighted by Gasteiger charge is -2.30. The van der Waals surface area contributed by atoms with Crippen molar-refractivity contribution in [2.24, 2.45) is 5.41 Å². The fourth-order valence-electron chi connectivity index (χ4n) is 1.91. The highest BCUT2D eigenvalue weighted by Crippen LogP contribution is 2.26. The molecule has 0 fully saturated rings. The summed E-state index contributed by atoms with van der Waals surface area (Å²) in [5.74, 6) is 0. The van der Waals surface area contributed by atoms with Crippen molar-refractivity contribution in [3.63, 3.8) is 0 Å². The largest absolute Gasteiger partial charge is 0.445 e.